The van der Waals surface area contributed by atoms with Crippen molar-refractivity contribution in [2.75, 3.05) is 26.6 Å². The number of carbonyl (C=O) groups excluding carboxylic acids is 2. The van der Waals surface area contributed by atoms with Crippen LogP contribution < -0.4 is 25.3 Å². The molecule has 11 nitrogen and oxygen atoms in total. The van der Waals surface area contributed by atoms with E-state index in [1.54, 1.807) is 30.3 Å². The van der Waals surface area contributed by atoms with Crippen molar-refractivity contribution in [1.29, 1.82) is 0 Å². The van der Waals surface area contributed by atoms with E-state index < -0.39 is 6.04 Å². The van der Waals surface area contributed by atoms with Crippen molar-refractivity contribution in [3.05, 3.63) is 95.4 Å². The number of ether oxygens (including phenoxy) is 3. The fraction of sp³-hybridized carbons (Fsp3) is 0.167. The van der Waals surface area contributed by atoms with Crippen LogP contribution in [0.25, 0.3) is 16.9 Å². The van der Waals surface area contributed by atoms with E-state index in [2.05, 4.69) is 20.4 Å². The van der Waals surface area contributed by atoms with Crippen molar-refractivity contribution >= 4 is 28.2 Å². The van der Waals surface area contributed by atoms with Gasteiger partial charge in [0.1, 0.15) is 12.7 Å². The molecule has 0 bridgehead atoms. The molecular formula is C30H28N6O5S. The molecule has 0 saturated heterocycles. The van der Waals surface area contributed by atoms with Gasteiger partial charge in [-0.15, -0.1) is 11.3 Å². The molecule has 0 aliphatic heterocycles. The van der Waals surface area contributed by atoms with E-state index in [0.29, 0.717) is 56.9 Å². The molecule has 0 radical (unpaired) electrons. The maximum Gasteiger partial charge on any atom is 0.243 e. The van der Waals surface area contributed by atoms with Crippen molar-refractivity contribution in [1.82, 2.24) is 19.7 Å². The summed E-state index contributed by atoms with van der Waals surface area (Å²) in [5, 5.41) is 9.28. The second-order valence-corrected chi connectivity index (χ2v) is 10.00. The highest BCUT2D eigenvalue weighted by Crippen LogP contribution is 2.39. The number of aromatic nitrogens is 4. The number of benzene rings is 3. The first-order valence-electron chi connectivity index (χ1n) is 12.8. The van der Waals surface area contributed by atoms with Gasteiger partial charge < -0.3 is 25.3 Å². The molecule has 2 aromatic heterocycles. The number of anilines is 1. The van der Waals surface area contributed by atoms with E-state index in [0.717, 1.165) is 5.56 Å². The number of ketones is 1. The van der Waals surface area contributed by atoms with Crippen molar-refractivity contribution in [2.45, 2.75) is 12.5 Å². The molecule has 0 unspecified atom stereocenters. The summed E-state index contributed by atoms with van der Waals surface area (Å²) < 4.78 is 17.8. The maximum absolute atomic E-state index is 13.8. The van der Waals surface area contributed by atoms with Crippen molar-refractivity contribution in [3.63, 3.8) is 0 Å². The number of carbonyl (C=O) groups is 2. The van der Waals surface area contributed by atoms with E-state index in [1.807, 2.05) is 35.7 Å². The topological polar surface area (TPSA) is 143 Å². The molecule has 0 saturated carbocycles. The molecule has 2 heterocycles. The highest BCUT2D eigenvalue weighted by molar-refractivity contribution is 7.14. The Balaban J connectivity index is 1.42. The number of amides is 1. The Morgan fingerprint density at radius 3 is 2.38 bits per heavy atom. The van der Waals surface area contributed by atoms with Gasteiger partial charge in [-0.1, -0.05) is 36.4 Å². The fourth-order valence-electron chi connectivity index (χ4n) is 4.40. The number of nitrogens with two attached hydrogens (primary N) is 1. The molecule has 0 aliphatic rings. The minimum absolute atomic E-state index is 0.287. The zero-order valence-corrected chi connectivity index (χ0v) is 23.9. The van der Waals surface area contributed by atoms with Gasteiger partial charge >= 0.3 is 0 Å². The highest BCUT2D eigenvalue weighted by atomic mass is 32.1. The first-order chi connectivity index (χ1) is 20.4. The van der Waals surface area contributed by atoms with E-state index in [1.165, 1.54) is 50.0 Å². The molecule has 0 aliphatic carbocycles. The molecule has 5 aromatic rings. The van der Waals surface area contributed by atoms with Gasteiger partial charge in [-0.3, -0.25) is 9.59 Å². The summed E-state index contributed by atoms with van der Waals surface area (Å²) in [6.45, 7) is 0. The summed E-state index contributed by atoms with van der Waals surface area (Å²) in [6, 6.07) is 17.3. The number of nitrogens with zero attached hydrogens (tertiary/aromatic N) is 4. The Bertz CT molecular complexity index is 1680. The minimum Gasteiger partial charge on any atom is -0.493 e. The smallest absolute Gasteiger partial charge is 0.243 e. The number of methoxy groups -OCH3 is 3. The number of rotatable bonds is 11. The third-order valence-corrected chi connectivity index (χ3v) is 7.26. The Kier molecular flexibility index (Phi) is 8.55. The molecule has 0 fully saturated rings. The average molecular weight is 585 g/mol. The lowest BCUT2D eigenvalue weighted by Gasteiger charge is -2.15. The van der Waals surface area contributed by atoms with Crippen LogP contribution in [0.2, 0.25) is 0 Å². The first kappa shape index (κ1) is 28.5. The van der Waals surface area contributed by atoms with Gasteiger partial charge in [-0.2, -0.15) is 5.10 Å². The van der Waals surface area contributed by atoms with Crippen molar-refractivity contribution in [3.8, 4) is 34.2 Å². The van der Waals surface area contributed by atoms with Gasteiger partial charge in [-0.05, 0) is 36.2 Å². The number of thiazole rings is 1. The van der Waals surface area contributed by atoms with Gasteiger partial charge in [0, 0.05) is 22.1 Å². The van der Waals surface area contributed by atoms with E-state index in [4.69, 9.17) is 19.9 Å². The second-order valence-electron chi connectivity index (χ2n) is 9.14. The summed E-state index contributed by atoms with van der Waals surface area (Å²) in [5.74, 6) is 0.495. The van der Waals surface area contributed by atoms with Crippen LogP contribution in [0.4, 0.5) is 5.13 Å². The number of hydrogen-bond donors (Lipinski definition) is 2. The van der Waals surface area contributed by atoms with E-state index >= 15 is 0 Å². The minimum atomic E-state index is -0.723. The van der Waals surface area contributed by atoms with Crippen LogP contribution in [0, 0.1) is 0 Å². The summed E-state index contributed by atoms with van der Waals surface area (Å²) in [4.78, 5) is 35.1. The number of nitrogens with one attached hydrogen (secondary N) is 1. The Morgan fingerprint density at radius 2 is 1.74 bits per heavy atom. The number of hydrogen-bond acceptors (Lipinski definition) is 10. The summed E-state index contributed by atoms with van der Waals surface area (Å²) in [6.07, 6.45) is 3.30. The lowest BCUT2D eigenvalue weighted by atomic mass is 9.98. The first-order valence-corrected chi connectivity index (χ1v) is 13.7. The quantitative estimate of drug-likeness (QED) is 0.219. The van der Waals surface area contributed by atoms with Crippen molar-refractivity contribution in [2.24, 2.45) is 5.73 Å². The van der Waals surface area contributed by atoms with Gasteiger partial charge in [0.05, 0.1) is 38.8 Å². The van der Waals surface area contributed by atoms with Gasteiger partial charge in [0.25, 0.3) is 0 Å². The van der Waals surface area contributed by atoms with E-state index in [-0.39, 0.29) is 11.7 Å². The van der Waals surface area contributed by atoms with Crippen LogP contribution in [-0.4, -0.2) is 58.8 Å². The van der Waals surface area contributed by atoms with Crippen LogP contribution in [0.1, 0.15) is 21.5 Å². The largest absolute Gasteiger partial charge is 0.493 e. The standard InChI is InChI=1S/C30H28N6O5S/c1-39-25-13-20(14-26(40-2)28(25)41-3)27(37)21-10-9-19(12-24(21)36-17-32-16-33-36)23-15-42-30(34-23)35-29(38)22(31)11-18-7-5-4-6-8-18/h4-10,12-17,22H,11,31H2,1-3H3,(H,34,35,38)/t22-/m0/s1. The molecule has 5 rings (SSSR count). The Morgan fingerprint density at radius 1 is 1.00 bits per heavy atom. The van der Waals surface area contributed by atoms with Crippen LogP contribution in [0.3, 0.4) is 0 Å². The summed E-state index contributed by atoms with van der Waals surface area (Å²) >= 11 is 1.28. The lowest BCUT2D eigenvalue weighted by Crippen LogP contribution is -2.37. The monoisotopic (exact) mass is 584 g/mol. The molecule has 3 aromatic carbocycles. The SMILES string of the molecule is COc1cc(C(=O)c2ccc(-c3csc(NC(=O)[C@@H](N)Cc4ccccc4)n3)cc2-n2cncn2)cc(OC)c1OC. The molecule has 0 spiro atoms. The van der Waals surface area contributed by atoms with Crippen LogP contribution in [0.15, 0.2) is 78.7 Å². The van der Waals surface area contributed by atoms with Crippen molar-refractivity contribution < 1.29 is 23.8 Å². The third-order valence-electron chi connectivity index (χ3n) is 6.50. The zero-order chi connectivity index (χ0) is 29.6. The van der Waals surface area contributed by atoms with Crippen LogP contribution in [0.5, 0.6) is 17.2 Å². The Labute approximate surface area is 245 Å². The fourth-order valence-corrected chi connectivity index (χ4v) is 5.12. The molecule has 3 N–H and O–H groups in total. The van der Waals surface area contributed by atoms with Gasteiger partial charge in [-0.25, -0.2) is 14.6 Å². The molecule has 1 amide bonds. The van der Waals surface area contributed by atoms with E-state index in [9.17, 15) is 9.59 Å². The predicted octanol–water partition coefficient (Wildman–Crippen LogP) is 4.16. The molecule has 1 atom stereocenters. The summed E-state index contributed by atoms with van der Waals surface area (Å²) in [7, 11) is 4.48. The second kappa shape index (κ2) is 12.6. The third kappa shape index (κ3) is 5.99. The van der Waals surface area contributed by atoms with Crippen LogP contribution >= 0.6 is 11.3 Å². The lowest BCUT2D eigenvalue weighted by molar-refractivity contribution is -0.117. The maximum atomic E-state index is 13.8. The highest BCUT2D eigenvalue weighted by Gasteiger charge is 2.22. The molecule has 42 heavy (non-hydrogen) atoms. The normalized spacial score (nSPS) is 11.5. The average Bonchev–Trinajstić information content (AvgIpc) is 3.73. The molecule has 12 heteroatoms. The van der Waals surface area contributed by atoms with Gasteiger partial charge in [0.2, 0.25) is 11.7 Å². The summed E-state index contributed by atoms with van der Waals surface area (Å²) in [5.41, 5.74) is 9.63. The zero-order valence-electron chi connectivity index (χ0n) is 23.1. The predicted molar refractivity (Wildman–Crippen MR) is 159 cm³/mol. The molecule has 214 valence electrons. The van der Waals surface area contributed by atoms with Gasteiger partial charge in [0.15, 0.2) is 22.4 Å². The molecular weight excluding hydrogens is 556 g/mol. The van der Waals surface area contributed by atoms with Crippen LogP contribution in [-0.2, 0) is 11.2 Å². The Hall–Kier alpha value is -5.07.